The summed E-state index contributed by atoms with van der Waals surface area (Å²) in [6, 6.07) is 0. The molecule has 0 fully saturated rings. The van der Waals surface area contributed by atoms with Gasteiger partial charge >= 0.3 is 0 Å². The minimum Gasteiger partial charge on any atom is -0.363 e. The molecule has 0 spiro atoms. The molecule has 3 N–H and O–H groups in total. The highest BCUT2D eigenvalue weighted by Gasteiger charge is 2.01. The molecule has 13 heavy (non-hydrogen) atoms. The lowest BCUT2D eigenvalue weighted by Gasteiger charge is -2.02. The molecule has 0 atom stereocenters. The molecule has 0 saturated carbocycles. The Labute approximate surface area is 89.6 Å². The SMILES string of the molecule is Cc1c[nH]c(CN)c(C)c1=O.Cl.Cl. The number of hydrogen-bond acceptors (Lipinski definition) is 2. The van der Waals surface area contributed by atoms with E-state index in [1.54, 1.807) is 20.0 Å². The molecular weight excluding hydrogens is 211 g/mol. The topological polar surface area (TPSA) is 58.9 Å². The van der Waals surface area contributed by atoms with Crippen molar-refractivity contribution in [2.75, 3.05) is 0 Å². The van der Waals surface area contributed by atoms with Gasteiger partial charge in [0.15, 0.2) is 5.43 Å². The lowest BCUT2D eigenvalue weighted by molar-refractivity contribution is 0.952. The number of pyridine rings is 1. The Balaban J connectivity index is 0. The van der Waals surface area contributed by atoms with Crippen molar-refractivity contribution < 1.29 is 0 Å². The van der Waals surface area contributed by atoms with Crippen LogP contribution in [0.5, 0.6) is 0 Å². The standard InChI is InChI=1S/C8H12N2O.2ClH/c1-5-4-10-7(3-9)6(2)8(5)11;;/h4H,3,9H2,1-2H3,(H,10,11);2*1H. The van der Waals surface area contributed by atoms with Gasteiger partial charge in [-0.15, -0.1) is 24.8 Å². The van der Waals surface area contributed by atoms with Crippen molar-refractivity contribution >= 4 is 24.8 Å². The Morgan fingerprint density at radius 1 is 1.38 bits per heavy atom. The van der Waals surface area contributed by atoms with Gasteiger partial charge in [-0.1, -0.05) is 0 Å². The number of halogens is 2. The molecule has 0 aliphatic rings. The lowest BCUT2D eigenvalue weighted by Crippen LogP contribution is -2.15. The number of rotatable bonds is 1. The van der Waals surface area contributed by atoms with Crippen molar-refractivity contribution in [2.45, 2.75) is 20.4 Å². The quantitative estimate of drug-likeness (QED) is 0.756. The van der Waals surface area contributed by atoms with Gasteiger partial charge in [-0.05, 0) is 13.8 Å². The molecule has 0 radical (unpaired) electrons. The molecule has 0 unspecified atom stereocenters. The van der Waals surface area contributed by atoms with Crippen LogP contribution in [0.2, 0.25) is 0 Å². The van der Waals surface area contributed by atoms with Crippen molar-refractivity contribution in [1.29, 1.82) is 0 Å². The van der Waals surface area contributed by atoms with Gasteiger partial charge in [-0.3, -0.25) is 4.79 Å². The lowest BCUT2D eigenvalue weighted by atomic mass is 10.1. The molecule has 0 aliphatic carbocycles. The highest BCUT2D eigenvalue weighted by molar-refractivity contribution is 5.85. The molecule has 0 bridgehead atoms. The smallest absolute Gasteiger partial charge is 0.187 e. The first-order chi connectivity index (χ1) is 5.16. The van der Waals surface area contributed by atoms with Gasteiger partial charge in [0.1, 0.15) is 0 Å². The zero-order valence-electron chi connectivity index (χ0n) is 7.59. The zero-order chi connectivity index (χ0) is 8.43. The molecule has 0 saturated heterocycles. The molecule has 0 aliphatic heterocycles. The number of nitrogens with one attached hydrogen (secondary N) is 1. The van der Waals surface area contributed by atoms with E-state index in [2.05, 4.69) is 4.98 Å². The number of aromatic amines is 1. The van der Waals surface area contributed by atoms with E-state index in [4.69, 9.17) is 5.73 Å². The monoisotopic (exact) mass is 224 g/mol. The van der Waals surface area contributed by atoms with Crippen molar-refractivity contribution in [3.8, 4) is 0 Å². The molecule has 5 heteroatoms. The summed E-state index contributed by atoms with van der Waals surface area (Å²) in [6.45, 7) is 3.96. The number of nitrogens with two attached hydrogens (primary N) is 1. The minimum atomic E-state index is 0. The maximum absolute atomic E-state index is 11.3. The molecule has 1 heterocycles. The summed E-state index contributed by atoms with van der Waals surface area (Å²) in [5, 5.41) is 0. The molecule has 0 aromatic carbocycles. The average Bonchev–Trinajstić information content (AvgIpc) is 2.01. The van der Waals surface area contributed by atoms with Gasteiger partial charge in [0.25, 0.3) is 0 Å². The fourth-order valence-corrected chi connectivity index (χ4v) is 1.01. The summed E-state index contributed by atoms with van der Waals surface area (Å²) in [5.74, 6) is 0. The van der Waals surface area contributed by atoms with Crippen molar-refractivity contribution in [3.63, 3.8) is 0 Å². The Morgan fingerprint density at radius 3 is 2.38 bits per heavy atom. The largest absolute Gasteiger partial charge is 0.363 e. The van der Waals surface area contributed by atoms with Crippen molar-refractivity contribution in [3.05, 3.63) is 33.2 Å². The van der Waals surface area contributed by atoms with Crippen LogP contribution in [-0.2, 0) is 6.54 Å². The first kappa shape index (κ1) is 15.0. The molecule has 0 amide bonds. The predicted molar refractivity (Wildman–Crippen MR) is 58.9 cm³/mol. The van der Waals surface area contributed by atoms with Gasteiger partial charge in [0, 0.05) is 29.6 Å². The number of H-pyrrole nitrogens is 1. The maximum atomic E-state index is 11.3. The number of aryl methyl sites for hydroxylation is 1. The van der Waals surface area contributed by atoms with Crippen LogP contribution in [0, 0.1) is 13.8 Å². The zero-order valence-corrected chi connectivity index (χ0v) is 9.22. The van der Waals surface area contributed by atoms with Crippen LogP contribution < -0.4 is 11.2 Å². The van der Waals surface area contributed by atoms with Crippen LogP contribution >= 0.6 is 24.8 Å². The molecule has 1 rings (SSSR count). The Hall–Kier alpha value is -0.510. The van der Waals surface area contributed by atoms with Crippen molar-refractivity contribution in [1.82, 2.24) is 4.98 Å². The average molecular weight is 225 g/mol. The predicted octanol–water partition coefficient (Wildman–Crippen LogP) is 1.29. The molecule has 1 aromatic heterocycles. The van der Waals surface area contributed by atoms with E-state index in [0.29, 0.717) is 6.54 Å². The van der Waals surface area contributed by atoms with Crippen LogP contribution in [-0.4, -0.2) is 4.98 Å². The second kappa shape index (κ2) is 6.02. The first-order valence-electron chi connectivity index (χ1n) is 3.54. The second-order valence-electron chi connectivity index (χ2n) is 2.61. The summed E-state index contributed by atoms with van der Waals surface area (Å²) in [6.07, 6.45) is 1.69. The Morgan fingerprint density at radius 2 is 1.92 bits per heavy atom. The Bertz CT molecular complexity index is 322. The van der Waals surface area contributed by atoms with Crippen LogP contribution in [0.1, 0.15) is 16.8 Å². The van der Waals surface area contributed by atoms with Crippen molar-refractivity contribution in [2.24, 2.45) is 5.73 Å². The third-order valence-electron chi connectivity index (χ3n) is 1.82. The van der Waals surface area contributed by atoms with Gasteiger partial charge in [0.05, 0.1) is 0 Å². The Kier molecular flexibility index (Phi) is 6.94. The normalized spacial score (nSPS) is 8.54. The third-order valence-corrected chi connectivity index (χ3v) is 1.82. The number of aromatic nitrogens is 1. The van der Waals surface area contributed by atoms with Crippen LogP contribution in [0.25, 0.3) is 0 Å². The molecule has 1 aromatic rings. The van der Waals surface area contributed by atoms with Crippen LogP contribution in [0.4, 0.5) is 0 Å². The summed E-state index contributed by atoms with van der Waals surface area (Å²) < 4.78 is 0. The van der Waals surface area contributed by atoms with Gasteiger partial charge < -0.3 is 10.7 Å². The number of hydrogen-bond donors (Lipinski definition) is 2. The van der Waals surface area contributed by atoms with E-state index < -0.39 is 0 Å². The highest BCUT2D eigenvalue weighted by atomic mass is 35.5. The van der Waals surface area contributed by atoms with E-state index in [-0.39, 0.29) is 30.2 Å². The molecule has 3 nitrogen and oxygen atoms in total. The summed E-state index contributed by atoms with van der Waals surface area (Å²) >= 11 is 0. The van der Waals surface area contributed by atoms with Crippen LogP contribution in [0.3, 0.4) is 0 Å². The first-order valence-corrected chi connectivity index (χ1v) is 3.54. The van der Waals surface area contributed by atoms with E-state index in [0.717, 1.165) is 16.8 Å². The minimum absolute atomic E-state index is 0. The maximum Gasteiger partial charge on any atom is 0.187 e. The highest BCUT2D eigenvalue weighted by Crippen LogP contribution is 1.98. The van der Waals surface area contributed by atoms with E-state index >= 15 is 0 Å². The fraction of sp³-hybridized carbons (Fsp3) is 0.375. The third kappa shape index (κ3) is 3.03. The van der Waals surface area contributed by atoms with Gasteiger partial charge in [-0.2, -0.15) is 0 Å². The summed E-state index contributed by atoms with van der Waals surface area (Å²) in [4.78, 5) is 14.2. The second-order valence-corrected chi connectivity index (χ2v) is 2.61. The molecule has 76 valence electrons. The van der Waals surface area contributed by atoms with Gasteiger partial charge in [-0.25, -0.2) is 0 Å². The summed E-state index contributed by atoms with van der Waals surface area (Å²) in [7, 11) is 0. The van der Waals surface area contributed by atoms with Crippen LogP contribution in [0.15, 0.2) is 11.0 Å². The van der Waals surface area contributed by atoms with E-state index in [1.807, 2.05) is 0 Å². The summed E-state index contributed by atoms with van der Waals surface area (Å²) in [5.41, 5.74) is 7.77. The van der Waals surface area contributed by atoms with Gasteiger partial charge in [0.2, 0.25) is 0 Å². The van der Waals surface area contributed by atoms with E-state index in [1.165, 1.54) is 0 Å². The fourth-order valence-electron chi connectivity index (χ4n) is 1.01. The molecular formula is C8H14Cl2N2O. The van der Waals surface area contributed by atoms with E-state index in [9.17, 15) is 4.79 Å².